The summed E-state index contributed by atoms with van der Waals surface area (Å²) in [5, 5.41) is 8.33. The first-order chi connectivity index (χ1) is 12.2. The summed E-state index contributed by atoms with van der Waals surface area (Å²) in [7, 11) is 0. The Morgan fingerprint density at radius 2 is 2.08 bits per heavy atom. The minimum absolute atomic E-state index is 0.0514. The molecule has 0 radical (unpaired) electrons. The first kappa shape index (κ1) is 15.6. The minimum atomic E-state index is -0.0514. The SMILES string of the molecule is Cc1c(C(=O)N2CCCC(n3ccnc3)C2)nnn1-c1ccccc1. The molecule has 7 nitrogen and oxygen atoms in total. The molecule has 3 heterocycles. The molecule has 3 aromatic rings. The van der Waals surface area contributed by atoms with Gasteiger partial charge in [0.2, 0.25) is 0 Å². The number of amides is 1. The lowest BCUT2D eigenvalue weighted by molar-refractivity contribution is 0.0672. The van der Waals surface area contributed by atoms with Crippen LogP contribution in [0.4, 0.5) is 0 Å². The molecule has 1 atom stereocenters. The van der Waals surface area contributed by atoms with Crippen LogP contribution in [0.2, 0.25) is 0 Å². The summed E-state index contributed by atoms with van der Waals surface area (Å²) in [4.78, 5) is 19.0. The largest absolute Gasteiger partial charge is 0.335 e. The van der Waals surface area contributed by atoms with Crippen LogP contribution >= 0.6 is 0 Å². The van der Waals surface area contributed by atoms with Crippen molar-refractivity contribution in [2.24, 2.45) is 0 Å². The number of piperidine rings is 1. The third-order valence-electron chi connectivity index (χ3n) is 4.73. The van der Waals surface area contributed by atoms with Crippen molar-refractivity contribution in [3.05, 3.63) is 60.4 Å². The quantitative estimate of drug-likeness (QED) is 0.736. The van der Waals surface area contributed by atoms with Gasteiger partial charge in [0.05, 0.1) is 23.8 Å². The maximum atomic E-state index is 13.0. The van der Waals surface area contributed by atoms with Crippen molar-refractivity contribution in [1.82, 2.24) is 29.4 Å². The second kappa shape index (κ2) is 6.51. The van der Waals surface area contributed by atoms with Gasteiger partial charge in [-0.2, -0.15) is 0 Å². The Bertz CT molecular complexity index is 855. The summed E-state index contributed by atoms with van der Waals surface area (Å²) in [5.74, 6) is -0.0514. The molecule has 0 spiro atoms. The smallest absolute Gasteiger partial charge is 0.276 e. The molecule has 1 aliphatic heterocycles. The van der Waals surface area contributed by atoms with Gasteiger partial charge in [-0.3, -0.25) is 4.79 Å². The highest BCUT2D eigenvalue weighted by Crippen LogP contribution is 2.23. The van der Waals surface area contributed by atoms with Crippen LogP contribution in [0, 0.1) is 6.92 Å². The van der Waals surface area contributed by atoms with Crippen molar-refractivity contribution in [1.29, 1.82) is 0 Å². The number of carbonyl (C=O) groups is 1. The Kier molecular flexibility index (Phi) is 4.05. The van der Waals surface area contributed by atoms with Gasteiger partial charge in [-0.15, -0.1) is 5.10 Å². The van der Waals surface area contributed by atoms with Gasteiger partial charge in [-0.25, -0.2) is 9.67 Å². The van der Waals surface area contributed by atoms with Crippen LogP contribution < -0.4 is 0 Å². The molecule has 0 aliphatic carbocycles. The lowest BCUT2D eigenvalue weighted by Gasteiger charge is -2.33. The predicted molar refractivity (Wildman–Crippen MR) is 92.5 cm³/mol. The Hall–Kier alpha value is -2.96. The van der Waals surface area contributed by atoms with Crippen molar-refractivity contribution in [3.63, 3.8) is 0 Å². The molecule has 0 bridgehead atoms. The predicted octanol–water partition coefficient (Wildman–Crippen LogP) is 2.25. The van der Waals surface area contributed by atoms with Crippen LogP contribution in [0.15, 0.2) is 49.1 Å². The first-order valence-electron chi connectivity index (χ1n) is 8.48. The molecule has 1 amide bonds. The van der Waals surface area contributed by atoms with E-state index in [2.05, 4.69) is 19.9 Å². The highest BCUT2D eigenvalue weighted by atomic mass is 16.2. The molecule has 0 saturated carbocycles. The van der Waals surface area contributed by atoms with Gasteiger partial charge >= 0.3 is 0 Å². The molecule has 1 saturated heterocycles. The van der Waals surface area contributed by atoms with Crippen LogP contribution in [0.1, 0.15) is 35.1 Å². The monoisotopic (exact) mass is 336 g/mol. The number of imidazole rings is 1. The van der Waals surface area contributed by atoms with Gasteiger partial charge in [0.25, 0.3) is 5.91 Å². The number of hydrogen-bond acceptors (Lipinski definition) is 4. The zero-order valence-corrected chi connectivity index (χ0v) is 14.1. The molecule has 128 valence electrons. The van der Waals surface area contributed by atoms with E-state index in [9.17, 15) is 4.79 Å². The summed E-state index contributed by atoms with van der Waals surface area (Å²) in [5.41, 5.74) is 2.09. The van der Waals surface area contributed by atoms with Gasteiger partial charge in [0.1, 0.15) is 0 Å². The van der Waals surface area contributed by atoms with Crippen molar-refractivity contribution >= 4 is 5.91 Å². The molecule has 25 heavy (non-hydrogen) atoms. The molecule has 2 aromatic heterocycles. The number of benzene rings is 1. The summed E-state index contributed by atoms with van der Waals surface area (Å²) >= 11 is 0. The highest BCUT2D eigenvalue weighted by molar-refractivity contribution is 5.93. The van der Waals surface area contributed by atoms with Crippen LogP contribution in [-0.2, 0) is 0 Å². The molecular formula is C18H20N6O. The minimum Gasteiger partial charge on any atom is -0.335 e. The van der Waals surface area contributed by atoms with Gasteiger partial charge < -0.3 is 9.47 Å². The van der Waals surface area contributed by atoms with E-state index < -0.39 is 0 Å². The Balaban J connectivity index is 1.56. The van der Waals surface area contributed by atoms with E-state index in [1.165, 1.54) is 0 Å². The number of hydrogen-bond donors (Lipinski definition) is 0. The standard InChI is InChI=1S/C18H20N6O/c1-14-17(20-21-24(14)15-6-3-2-4-7-15)18(25)22-10-5-8-16(12-22)23-11-9-19-13-23/h2-4,6-7,9,11,13,16H,5,8,10,12H2,1H3. The zero-order chi connectivity index (χ0) is 17.2. The summed E-state index contributed by atoms with van der Waals surface area (Å²) < 4.78 is 3.79. The second-order valence-electron chi connectivity index (χ2n) is 6.33. The highest BCUT2D eigenvalue weighted by Gasteiger charge is 2.28. The molecule has 0 N–H and O–H groups in total. The normalized spacial score (nSPS) is 17.6. The molecular weight excluding hydrogens is 316 g/mol. The van der Waals surface area contributed by atoms with Gasteiger partial charge in [-0.1, -0.05) is 23.4 Å². The second-order valence-corrected chi connectivity index (χ2v) is 6.33. The third-order valence-corrected chi connectivity index (χ3v) is 4.73. The first-order valence-corrected chi connectivity index (χ1v) is 8.48. The lowest BCUT2D eigenvalue weighted by Crippen LogP contribution is -2.41. The Morgan fingerprint density at radius 3 is 2.84 bits per heavy atom. The number of likely N-dealkylation sites (tertiary alicyclic amines) is 1. The van der Waals surface area contributed by atoms with Gasteiger partial charge in [0, 0.05) is 25.5 Å². The van der Waals surface area contributed by atoms with Crippen LogP contribution in [-0.4, -0.2) is 48.4 Å². The number of carbonyl (C=O) groups excluding carboxylic acids is 1. The third kappa shape index (κ3) is 2.93. The fraction of sp³-hybridized carbons (Fsp3) is 0.333. The maximum absolute atomic E-state index is 13.0. The summed E-state index contributed by atoms with van der Waals surface area (Å²) in [6.45, 7) is 3.31. The van der Waals surface area contributed by atoms with Crippen molar-refractivity contribution in [3.8, 4) is 5.69 Å². The van der Waals surface area contributed by atoms with E-state index in [-0.39, 0.29) is 11.9 Å². The van der Waals surface area contributed by atoms with Crippen molar-refractivity contribution in [2.45, 2.75) is 25.8 Å². The molecule has 4 rings (SSSR count). The molecule has 7 heteroatoms. The van der Waals surface area contributed by atoms with Crippen molar-refractivity contribution in [2.75, 3.05) is 13.1 Å². The van der Waals surface area contributed by atoms with Crippen LogP contribution in [0.5, 0.6) is 0 Å². The number of nitrogens with zero attached hydrogens (tertiary/aromatic N) is 6. The maximum Gasteiger partial charge on any atom is 0.276 e. The number of para-hydroxylation sites is 1. The zero-order valence-electron chi connectivity index (χ0n) is 14.1. The Morgan fingerprint density at radius 1 is 1.24 bits per heavy atom. The average Bonchev–Trinajstić information content (AvgIpc) is 3.32. The molecule has 1 aromatic carbocycles. The van der Waals surface area contributed by atoms with E-state index in [1.54, 1.807) is 10.9 Å². The summed E-state index contributed by atoms with van der Waals surface area (Å²) in [6.07, 6.45) is 7.57. The average molecular weight is 336 g/mol. The van der Waals surface area contributed by atoms with E-state index >= 15 is 0 Å². The van der Waals surface area contributed by atoms with Gasteiger partial charge in [-0.05, 0) is 31.9 Å². The van der Waals surface area contributed by atoms with Crippen LogP contribution in [0.3, 0.4) is 0 Å². The molecule has 1 unspecified atom stereocenters. The van der Waals surface area contributed by atoms with E-state index in [4.69, 9.17) is 0 Å². The molecule has 1 fully saturated rings. The lowest BCUT2D eigenvalue weighted by atomic mass is 10.0. The number of rotatable bonds is 3. The fourth-order valence-corrected chi connectivity index (χ4v) is 3.36. The topological polar surface area (TPSA) is 68.8 Å². The number of aromatic nitrogens is 5. The summed E-state index contributed by atoms with van der Waals surface area (Å²) in [6, 6.07) is 10.0. The van der Waals surface area contributed by atoms with E-state index in [0.717, 1.165) is 30.8 Å². The van der Waals surface area contributed by atoms with E-state index in [0.29, 0.717) is 12.2 Å². The fourth-order valence-electron chi connectivity index (χ4n) is 3.36. The molecule has 1 aliphatic rings. The van der Waals surface area contributed by atoms with Crippen molar-refractivity contribution < 1.29 is 4.79 Å². The van der Waals surface area contributed by atoms with E-state index in [1.807, 2.05) is 54.7 Å². The Labute approximate surface area is 145 Å². The van der Waals surface area contributed by atoms with Crippen LogP contribution in [0.25, 0.3) is 5.69 Å². The van der Waals surface area contributed by atoms with Gasteiger partial charge in [0.15, 0.2) is 5.69 Å².